The highest BCUT2D eigenvalue weighted by molar-refractivity contribution is 7.89. The Balaban J connectivity index is 1.03. The first-order valence-electron chi connectivity index (χ1n) is 13.3. The molecule has 1 saturated carbocycles. The first-order chi connectivity index (χ1) is 18.4. The average molecular weight is 530 g/mol. The van der Waals surface area contributed by atoms with Crippen LogP contribution in [-0.2, 0) is 27.1 Å². The zero-order valence-corrected chi connectivity index (χ0v) is 22.3. The van der Waals surface area contributed by atoms with Gasteiger partial charge in [-0.3, -0.25) is 9.69 Å². The Bertz CT molecular complexity index is 1330. The number of hydrogen-bond acceptors (Lipinski definition) is 5. The van der Waals surface area contributed by atoms with Crippen molar-refractivity contribution in [3.63, 3.8) is 0 Å². The van der Waals surface area contributed by atoms with Crippen LogP contribution in [0, 0.1) is 0 Å². The molecule has 0 bridgehead atoms. The third-order valence-corrected chi connectivity index (χ3v) is 8.55. The molecule has 1 aliphatic carbocycles. The highest BCUT2D eigenvalue weighted by Gasteiger charge is 2.39. The Morgan fingerprint density at radius 2 is 1.53 bits per heavy atom. The Morgan fingerprint density at radius 1 is 0.868 bits per heavy atom. The molecule has 0 spiro atoms. The number of carbonyl (C=O) groups excluding carboxylic acids is 1. The first-order valence-corrected chi connectivity index (χ1v) is 15.0. The lowest BCUT2D eigenvalue weighted by Crippen LogP contribution is -2.43. The highest BCUT2D eigenvalue weighted by atomic mass is 32.2. The summed E-state index contributed by atoms with van der Waals surface area (Å²) >= 11 is 0. The van der Waals surface area contributed by atoms with Gasteiger partial charge < -0.3 is 5.32 Å². The molecule has 7 heteroatoms. The van der Waals surface area contributed by atoms with E-state index >= 15 is 0 Å². The Kier molecular flexibility index (Phi) is 8.37. The number of nitrogens with zero attached hydrogens (tertiary/aromatic N) is 1. The minimum Gasteiger partial charge on any atom is -0.311 e. The van der Waals surface area contributed by atoms with Crippen LogP contribution in [0.25, 0.3) is 6.08 Å². The maximum atomic E-state index is 12.2. The van der Waals surface area contributed by atoms with Crippen LogP contribution in [0.5, 0.6) is 0 Å². The molecule has 1 amide bonds. The lowest BCUT2D eigenvalue weighted by molar-refractivity contribution is -0.114. The van der Waals surface area contributed by atoms with Crippen molar-refractivity contribution < 1.29 is 13.2 Å². The van der Waals surface area contributed by atoms with Gasteiger partial charge >= 0.3 is 0 Å². The predicted octanol–water partition coefficient (Wildman–Crippen LogP) is 4.46. The van der Waals surface area contributed by atoms with E-state index in [1.807, 2.05) is 18.2 Å². The van der Waals surface area contributed by atoms with E-state index in [0.29, 0.717) is 23.6 Å². The predicted molar refractivity (Wildman–Crippen MR) is 152 cm³/mol. The zero-order valence-electron chi connectivity index (χ0n) is 21.5. The number of sulfonamides is 1. The number of piperidine rings is 1. The fourth-order valence-corrected chi connectivity index (χ4v) is 6.27. The summed E-state index contributed by atoms with van der Waals surface area (Å²) in [6, 6.07) is 28.9. The summed E-state index contributed by atoms with van der Waals surface area (Å²) in [4.78, 5) is 14.6. The number of amides is 1. The van der Waals surface area contributed by atoms with E-state index in [4.69, 9.17) is 0 Å². The van der Waals surface area contributed by atoms with Crippen LogP contribution in [0.15, 0.2) is 91.0 Å². The van der Waals surface area contributed by atoms with Gasteiger partial charge in [-0.15, -0.1) is 0 Å². The van der Waals surface area contributed by atoms with Gasteiger partial charge in [-0.25, -0.2) is 13.1 Å². The molecule has 2 fully saturated rings. The molecule has 1 heterocycles. The maximum absolute atomic E-state index is 12.2. The molecule has 6 nitrogen and oxygen atoms in total. The van der Waals surface area contributed by atoms with Crippen molar-refractivity contribution in [2.75, 3.05) is 13.1 Å². The third kappa shape index (κ3) is 7.63. The van der Waals surface area contributed by atoms with E-state index < -0.39 is 15.9 Å². The van der Waals surface area contributed by atoms with Crippen LogP contribution < -0.4 is 10.0 Å². The highest BCUT2D eigenvalue weighted by Crippen LogP contribution is 2.41. The molecule has 3 aromatic carbocycles. The quantitative estimate of drug-likeness (QED) is 0.379. The number of likely N-dealkylation sites (tertiary alicyclic amines) is 1. The van der Waals surface area contributed by atoms with Gasteiger partial charge in [0.2, 0.25) is 10.0 Å². The summed E-state index contributed by atoms with van der Waals surface area (Å²) in [6.45, 7) is 3.07. The normalized spacial score (nSPS) is 20.4. The van der Waals surface area contributed by atoms with Gasteiger partial charge in [-0.05, 0) is 60.7 Å². The van der Waals surface area contributed by atoms with Gasteiger partial charge in [0.25, 0.3) is 5.91 Å². The largest absolute Gasteiger partial charge is 0.311 e. The van der Waals surface area contributed by atoms with Crippen molar-refractivity contribution in [1.29, 1.82) is 0 Å². The van der Waals surface area contributed by atoms with Gasteiger partial charge in [-0.2, -0.15) is 0 Å². The second-order valence-corrected chi connectivity index (χ2v) is 12.1. The van der Waals surface area contributed by atoms with E-state index in [-0.39, 0.29) is 5.75 Å². The van der Waals surface area contributed by atoms with Crippen LogP contribution >= 0.6 is 0 Å². The molecule has 0 aromatic heterocycles. The monoisotopic (exact) mass is 529 g/mol. The molecule has 38 heavy (non-hydrogen) atoms. The van der Waals surface area contributed by atoms with Gasteiger partial charge in [0, 0.05) is 30.6 Å². The molecule has 5 rings (SSSR count). The number of hydrogen-bond donors (Lipinski definition) is 2. The molecule has 0 radical (unpaired) electrons. The van der Waals surface area contributed by atoms with Gasteiger partial charge in [0.15, 0.2) is 0 Å². The molecule has 198 valence electrons. The topological polar surface area (TPSA) is 78.5 Å². The fourth-order valence-electron chi connectivity index (χ4n) is 5.19. The van der Waals surface area contributed by atoms with Crippen molar-refractivity contribution in [3.8, 4) is 0 Å². The lowest BCUT2D eigenvalue weighted by atomic mass is 10.0. The van der Waals surface area contributed by atoms with E-state index in [0.717, 1.165) is 25.2 Å². The standard InChI is InChI=1S/C31H35N3O3S/c35-31(33-38(36,37)23-26-7-3-1-4-8-26)16-15-24-11-13-25(14-12-24)22-34-19-17-28(18-20-34)32-30-21-29(30)27-9-5-2-6-10-27/h1-16,28-30,32H,17-23H2,(H,33,35)/t29-,30+/m0/s1. The van der Waals surface area contributed by atoms with Crippen molar-refractivity contribution >= 4 is 22.0 Å². The number of benzene rings is 3. The van der Waals surface area contributed by atoms with E-state index in [1.54, 1.807) is 30.3 Å². The summed E-state index contributed by atoms with van der Waals surface area (Å²) in [5.74, 6) is -0.209. The second kappa shape index (κ2) is 12.1. The summed E-state index contributed by atoms with van der Waals surface area (Å²) in [7, 11) is -3.75. The summed E-state index contributed by atoms with van der Waals surface area (Å²) in [6.07, 6.45) is 6.48. The van der Waals surface area contributed by atoms with E-state index in [1.165, 1.54) is 36.5 Å². The fraction of sp³-hybridized carbons (Fsp3) is 0.323. The second-order valence-electron chi connectivity index (χ2n) is 10.4. The molecule has 2 aliphatic rings. The van der Waals surface area contributed by atoms with Gasteiger partial charge in [-0.1, -0.05) is 84.9 Å². The average Bonchev–Trinajstić information content (AvgIpc) is 3.69. The van der Waals surface area contributed by atoms with Crippen molar-refractivity contribution in [2.24, 2.45) is 0 Å². The summed E-state index contributed by atoms with van der Waals surface area (Å²) in [5, 5.41) is 3.88. The lowest BCUT2D eigenvalue weighted by Gasteiger charge is -2.32. The van der Waals surface area contributed by atoms with Crippen LogP contribution in [0.2, 0.25) is 0 Å². The molecule has 3 aromatic rings. The number of carbonyl (C=O) groups is 1. The molecule has 2 N–H and O–H groups in total. The minimum absolute atomic E-state index is 0.232. The third-order valence-electron chi connectivity index (χ3n) is 7.32. The summed E-state index contributed by atoms with van der Waals surface area (Å²) in [5.41, 5.74) is 4.17. The molecule has 1 aliphatic heterocycles. The Hall–Kier alpha value is -3.26. The zero-order chi connectivity index (χ0) is 26.4. The molecule has 1 saturated heterocycles. The van der Waals surface area contributed by atoms with Crippen molar-refractivity contribution in [2.45, 2.75) is 49.6 Å². The van der Waals surface area contributed by atoms with E-state index in [2.05, 4.69) is 57.4 Å². The summed E-state index contributed by atoms with van der Waals surface area (Å²) < 4.78 is 26.6. The van der Waals surface area contributed by atoms with Gasteiger partial charge in [0.1, 0.15) is 0 Å². The van der Waals surface area contributed by atoms with Crippen LogP contribution in [0.4, 0.5) is 0 Å². The van der Waals surface area contributed by atoms with Crippen molar-refractivity contribution in [1.82, 2.24) is 14.9 Å². The van der Waals surface area contributed by atoms with Gasteiger partial charge in [0.05, 0.1) is 5.75 Å². The molecule has 0 unspecified atom stereocenters. The smallest absolute Gasteiger partial charge is 0.257 e. The minimum atomic E-state index is -3.75. The number of nitrogens with one attached hydrogen (secondary N) is 2. The van der Waals surface area contributed by atoms with E-state index in [9.17, 15) is 13.2 Å². The van der Waals surface area contributed by atoms with Crippen molar-refractivity contribution in [3.05, 3.63) is 113 Å². The Morgan fingerprint density at radius 3 is 2.21 bits per heavy atom. The number of rotatable bonds is 10. The molecular formula is C31H35N3O3S. The maximum Gasteiger partial charge on any atom is 0.257 e. The van der Waals surface area contributed by atoms with Crippen LogP contribution in [0.1, 0.15) is 47.4 Å². The first kappa shape index (κ1) is 26.4. The molecule has 2 atom stereocenters. The Labute approximate surface area is 225 Å². The SMILES string of the molecule is O=C(C=Cc1ccc(CN2CCC(N[C@@H]3C[C@H]3c3ccccc3)CC2)cc1)NS(=O)(=O)Cc1ccccc1. The molecular weight excluding hydrogens is 494 g/mol. The van der Waals surface area contributed by atoms with Crippen LogP contribution in [0.3, 0.4) is 0 Å². The van der Waals surface area contributed by atoms with Crippen LogP contribution in [-0.4, -0.2) is 44.4 Å².